The zero-order valence-corrected chi connectivity index (χ0v) is 19.5. The Labute approximate surface area is 186 Å². The monoisotopic (exact) mass is 461 g/mol. The molecule has 0 saturated heterocycles. The molecule has 0 radical (unpaired) electrons. The average molecular weight is 462 g/mol. The largest absolute Gasteiger partial charge is 0.610 e. The lowest BCUT2D eigenvalue weighted by Gasteiger charge is -2.20. The molecule has 1 aromatic carbocycles. The number of alkyl carbamates (subject to hydrolysis) is 1. The van der Waals surface area contributed by atoms with Gasteiger partial charge in [0.1, 0.15) is 24.1 Å². The quantitative estimate of drug-likeness (QED) is 0.451. The van der Waals surface area contributed by atoms with Crippen LogP contribution in [0.2, 0.25) is 0 Å². The second-order valence-electron chi connectivity index (χ2n) is 7.55. The summed E-state index contributed by atoms with van der Waals surface area (Å²) in [4.78, 5) is 12.2. The molecular weight excluding hydrogens is 429 g/mol. The van der Waals surface area contributed by atoms with Crippen LogP contribution in [0.15, 0.2) is 41.1 Å². The number of methoxy groups -OCH3 is 2. The van der Waals surface area contributed by atoms with Gasteiger partial charge in [-0.1, -0.05) is 0 Å². The standard InChI is InChI=1S/C21H32FNO7S/c1-21(2,3)30-20(24)23-11-16(10-22)12-28-17-6-8-19(9-7-17)31(25)15-29-18(13-26-4)14-27-5/h6-10,18H,11-15H2,1-5H3,(H,23,24)/b16-10+. The Kier molecular flexibility index (Phi) is 12.5. The predicted octanol–water partition coefficient (Wildman–Crippen LogP) is 3.19. The third kappa shape index (κ3) is 11.9. The maximum absolute atomic E-state index is 13.1. The highest BCUT2D eigenvalue weighted by atomic mass is 32.2. The Morgan fingerprint density at radius 2 is 1.81 bits per heavy atom. The summed E-state index contributed by atoms with van der Waals surface area (Å²) in [5.74, 6) is 0.470. The molecule has 1 N–H and O–H groups in total. The van der Waals surface area contributed by atoms with E-state index >= 15 is 0 Å². The Morgan fingerprint density at radius 3 is 2.32 bits per heavy atom. The van der Waals surface area contributed by atoms with Crippen molar-refractivity contribution < 1.29 is 37.4 Å². The van der Waals surface area contributed by atoms with E-state index in [1.54, 1.807) is 59.3 Å². The number of benzene rings is 1. The maximum Gasteiger partial charge on any atom is 0.407 e. The van der Waals surface area contributed by atoms with Crippen LogP contribution in [0.5, 0.6) is 5.75 Å². The molecule has 1 aromatic rings. The van der Waals surface area contributed by atoms with Crippen LogP contribution in [0.1, 0.15) is 20.8 Å². The number of ether oxygens (including phenoxy) is 5. The molecule has 0 heterocycles. The summed E-state index contributed by atoms with van der Waals surface area (Å²) in [7, 11) is 3.11. The molecule has 1 atom stereocenters. The van der Waals surface area contributed by atoms with Crippen LogP contribution in [0.3, 0.4) is 0 Å². The van der Waals surface area contributed by atoms with Gasteiger partial charge in [0.2, 0.25) is 5.94 Å². The van der Waals surface area contributed by atoms with Crippen molar-refractivity contribution in [2.45, 2.75) is 37.4 Å². The van der Waals surface area contributed by atoms with Gasteiger partial charge in [0.15, 0.2) is 4.90 Å². The fraction of sp³-hybridized carbons (Fsp3) is 0.571. The van der Waals surface area contributed by atoms with Crippen molar-refractivity contribution in [1.29, 1.82) is 0 Å². The molecule has 0 saturated carbocycles. The van der Waals surface area contributed by atoms with E-state index in [1.807, 2.05) is 0 Å². The Balaban J connectivity index is 2.47. The number of hydrogen-bond acceptors (Lipinski definition) is 7. The van der Waals surface area contributed by atoms with Crippen molar-refractivity contribution in [2.75, 3.05) is 46.5 Å². The highest BCUT2D eigenvalue weighted by Gasteiger charge is 2.17. The Hall–Kier alpha value is -1.85. The van der Waals surface area contributed by atoms with Gasteiger partial charge in [0, 0.05) is 37.5 Å². The first-order chi connectivity index (χ1) is 14.7. The molecule has 1 rings (SSSR count). The molecular formula is C21H32FNO7S. The molecule has 0 aromatic heterocycles. The van der Waals surface area contributed by atoms with E-state index < -0.39 is 22.9 Å². The SMILES string of the molecule is COCC(COC)OC[S+]([O-])c1ccc(OC/C(=C/F)CNC(=O)OC(C)(C)C)cc1. The molecule has 0 bridgehead atoms. The minimum absolute atomic E-state index is 0.00264. The minimum atomic E-state index is -1.37. The molecule has 0 fully saturated rings. The normalized spacial score (nSPS) is 13.2. The molecule has 8 nitrogen and oxygen atoms in total. The fourth-order valence-electron chi connectivity index (χ4n) is 2.23. The van der Waals surface area contributed by atoms with Crippen LogP contribution in [-0.2, 0) is 30.1 Å². The molecule has 1 unspecified atom stereocenters. The Morgan fingerprint density at radius 1 is 1.19 bits per heavy atom. The number of rotatable bonds is 13. The second kappa shape index (κ2) is 14.3. The van der Waals surface area contributed by atoms with Gasteiger partial charge < -0.3 is 33.6 Å². The third-order valence-electron chi connectivity index (χ3n) is 3.64. The number of carbonyl (C=O) groups is 1. The first kappa shape index (κ1) is 27.2. The van der Waals surface area contributed by atoms with E-state index in [2.05, 4.69) is 5.32 Å². The van der Waals surface area contributed by atoms with E-state index in [4.69, 9.17) is 23.7 Å². The van der Waals surface area contributed by atoms with Crippen LogP contribution in [0, 0.1) is 0 Å². The van der Waals surface area contributed by atoms with E-state index in [-0.39, 0.29) is 30.8 Å². The molecule has 0 aliphatic carbocycles. The number of amides is 1. The van der Waals surface area contributed by atoms with Gasteiger partial charge in [-0.15, -0.1) is 0 Å². The molecule has 31 heavy (non-hydrogen) atoms. The van der Waals surface area contributed by atoms with Crippen LogP contribution in [-0.4, -0.2) is 68.9 Å². The zero-order valence-electron chi connectivity index (χ0n) is 18.6. The Bertz CT molecular complexity index is 673. The highest BCUT2D eigenvalue weighted by molar-refractivity contribution is 7.91. The molecule has 1 amide bonds. The molecule has 0 spiro atoms. The van der Waals surface area contributed by atoms with Crippen molar-refractivity contribution in [1.82, 2.24) is 5.32 Å². The maximum atomic E-state index is 13.1. The summed E-state index contributed by atoms with van der Waals surface area (Å²) in [5, 5.41) is 2.47. The smallest absolute Gasteiger partial charge is 0.407 e. The van der Waals surface area contributed by atoms with Crippen molar-refractivity contribution >= 4 is 17.3 Å². The van der Waals surface area contributed by atoms with Gasteiger partial charge in [-0.3, -0.25) is 0 Å². The minimum Gasteiger partial charge on any atom is -0.610 e. The van der Waals surface area contributed by atoms with Gasteiger partial charge >= 0.3 is 6.09 Å². The summed E-state index contributed by atoms with van der Waals surface area (Å²) in [6, 6.07) is 6.56. The zero-order chi connectivity index (χ0) is 23.3. The van der Waals surface area contributed by atoms with Crippen LogP contribution >= 0.6 is 0 Å². The predicted molar refractivity (Wildman–Crippen MR) is 115 cm³/mol. The third-order valence-corrected chi connectivity index (χ3v) is 4.79. The lowest BCUT2D eigenvalue weighted by atomic mass is 10.2. The fourth-order valence-corrected chi connectivity index (χ4v) is 3.12. The van der Waals surface area contributed by atoms with Crippen LogP contribution in [0.25, 0.3) is 0 Å². The first-order valence-corrected chi connectivity index (χ1v) is 11.0. The van der Waals surface area contributed by atoms with Crippen LogP contribution < -0.4 is 10.1 Å². The molecule has 0 aliphatic rings. The van der Waals surface area contributed by atoms with E-state index in [0.717, 1.165) is 0 Å². The van der Waals surface area contributed by atoms with Gasteiger partial charge in [0.05, 0.1) is 19.5 Å². The van der Waals surface area contributed by atoms with E-state index in [9.17, 15) is 13.7 Å². The molecule has 10 heteroatoms. The summed E-state index contributed by atoms with van der Waals surface area (Å²) >= 11 is -1.37. The second-order valence-corrected chi connectivity index (χ2v) is 8.94. The van der Waals surface area contributed by atoms with E-state index in [0.29, 0.717) is 30.2 Å². The lowest BCUT2D eigenvalue weighted by molar-refractivity contribution is -0.0252. The number of halogens is 1. The topological polar surface area (TPSA) is 98.3 Å². The van der Waals surface area contributed by atoms with Gasteiger partial charge in [-0.05, 0) is 45.0 Å². The molecule has 0 aliphatic heterocycles. The van der Waals surface area contributed by atoms with Crippen molar-refractivity contribution in [2.24, 2.45) is 0 Å². The summed E-state index contributed by atoms with van der Waals surface area (Å²) < 4.78 is 51.7. The number of carbonyl (C=O) groups excluding carboxylic acids is 1. The lowest BCUT2D eigenvalue weighted by Crippen LogP contribution is -2.34. The molecule has 176 valence electrons. The van der Waals surface area contributed by atoms with E-state index in [1.165, 1.54) is 0 Å². The highest BCUT2D eigenvalue weighted by Crippen LogP contribution is 2.18. The van der Waals surface area contributed by atoms with Gasteiger partial charge in [-0.25, -0.2) is 9.18 Å². The number of nitrogens with one attached hydrogen (secondary N) is 1. The van der Waals surface area contributed by atoms with Gasteiger partial charge in [-0.2, -0.15) is 0 Å². The number of hydrogen-bond donors (Lipinski definition) is 1. The summed E-state index contributed by atoms with van der Waals surface area (Å²) in [6.07, 6.45) is -0.560. The summed E-state index contributed by atoms with van der Waals surface area (Å²) in [5.41, 5.74) is -0.407. The summed E-state index contributed by atoms with van der Waals surface area (Å²) in [6.45, 7) is 5.78. The van der Waals surface area contributed by atoms with Crippen LogP contribution in [0.4, 0.5) is 9.18 Å². The van der Waals surface area contributed by atoms with Crippen molar-refractivity contribution in [3.63, 3.8) is 0 Å². The van der Waals surface area contributed by atoms with Crippen molar-refractivity contribution in [3.8, 4) is 5.75 Å². The van der Waals surface area contributed by atoms with Gasteiger partial charge in [0.25, 0.3) is 0 Å². The first-order valence-electron chi connectivity index (χ1n) is 9.64. The van der Waals surface area contributed by atoms with Crippen molar-refractivity contribution in [3.05, 3.63) is 36.2 Å². The average Bonchev–Trinajstić information content (AvgIpc) is 2.71.